The Hall–Kier alpha value is -2.85. The summed E-state index contributed by atoms with van der Waals surface area (Å²) >= 11 is 3.45. The molecule has 136 valence electrons. The molecule has 0 heterocycles. The van der Waals surface area contributed by atoms with Gasteiger partial charge >= 0.3 is 0 Å². The van der Waals surface area contributed by atoms with Crippen molar-refractivity contribution in [3.05, 3.63) is 100 Å². The minimum Gasteiger partial charge on any atom is -0.489 e. The third-order valence-electron chi connectivity index (χ3n) is 3.98. The largest absolute Gasteiger partial charge is 0.489 e. The van der Waals surface area contributed by atoms with Crippen LogP contribution in [-0.2, 0) is 11.4 Å². The van der Waals surface area contributed by atoms with Crippen LogP contribution in [0.4, 0.5) is 5.69 Å². The molecule has 0 saturated carbocycles. The molecular weight excluding hydrogens is 402 g/mol. The van der Waals surface area contributed by atoms with Crippen LogP contribution in [0.1, 0.15) is 16.7 Å². The molecule has 1 amide bonds. The molecule has 0 aromatic heterocycles. The van der Waals surface area contributed by atoms with Gasteiger partial charge in [-0.1, -0.05) is 58.4 Å². The molecule has 4 heteroatoms. The van der Waals surface area contributed by atoms with Gasteiger partial charge < -0.3 is 10.1 Å². The minimum atomic E-state index is -0.166. The molecule has 0 aliphatic rings. The Morgan fingerprint density at radius 2 is 1.78 bits per heavy atom. The van der Waals surface area contributed by atoms with E-state index in [-0.39, 0.29) is 5.91 Å². The van der Waals surface area contributed by atoms with Crippen LogP contribution in [-0.4, -0.2) is 5.91 Å². The van der Waals surface area contributed by atoms with Crippen molar-refractivity contribution in [1.82, 2.24) is 0 Å². The Balaban J connectivity index is 1.53. The smallest absolute Gasteiger partial charge is 0.248 e. The average molecular weight is 422 g/mol. The molecular formula is C23H20BrNO2. The summed E-state index contributed by atoms with van der Waals surface area (Å²) in [5.41, 5.74) is 3.91. The summed E-state index contributed by atoms with van der Waals surface area (Å²) in [6, 6.07) is 23.4. The van der Waals surface area contributed by atoms with Crippen molar-refractivity contribution in [1.29, 1.82) is 0 Å². The summed E-state index contributed by atoms with van der Waals surface area (Å²) < 4.78 is 6.78. The van der Waals surface area contributed by atoms with Crippen molar-refractivity contribution in [3.8, 4) is 5.75 Å². The van der Waals surface area contributed by atoms with Crippen molar-refractivity contribution in [3.63, 3.8) is 0 Å². The highest BCUT2D eigenvalue weighted by Gasteiger charge is 2.01. The van der Waals surface area contributed by atoms with Crippen LogP contribution in [0.2, 0.25) is 0 Å². The van der Waals surface area contributed by atoms with Gasteiger partial charge in [0.25, 0.3) is 0 Å². The number of rotatable bonds is 6. The van der Waals surface area contributed by atoms with Crippen LogP contribution in [0, 0.1) is 6.92 Å². The van der Waals surface area contributed by atoms with Gasteiger partial charge in [-0.3, -0.25) is 4.79 Å². The van der Waals surface area contributed by atoms with E-state index in [4.69, 9.17) is 4.74 Å². The summed E-state index contributed by atoms with van der Waals surface area (Å²) in [6.07, 6.45) is 3.30. The molecule has 0 unspecified atom stereocenters. The van der Waals surface area contributed by atoms with Gasteiger partial charge in [0.05, 0.1) is 0 Å². The van der Waals surface area contributed by atoms with Crippen LogP contribution < -0.4 is 10.1 Å². The van der Waals surface area contributed by atoms with Gasteiger partial charge in [-0.05, 0) is 60.0 Å². The second kappa shape index (κ2) is 9.19. The molecule has 0 saturated heterocycles. The summed E-state index contributed by atoms with van der Waals surface area (Å²) in [7, 11) is 0. The number of amides is 1. The van der Waals surface area contributed by atoms with Crippen molar-refractivity contribution >= 4 is 33.6 Å². The lowest BCUT2D eigenvalue weighted by Crippen LogP contribution is -2.07. The number of hydrogen-bond acceptors (Lipinski definition) is 2. The normalized spacial score (nSPS) is 10.7. The van der Waals surface area contributed by atoms with Gasteiger partial charge in [-0.15, -0.1) is 0 Å². The zero-order chi connectivity index (χ0) is 19.1. The average Bonchev–Trinajstić information content (AvgIpc) is 2.69. The molecule has 0 bridgehead atoms. The Kier molecular flexibility index (Phi) is 6.44. The zero-order valence-corrected chi connectivity index (χ0v) is 16.6. The Bertz CT molecular complexity index is 934. The number of anilines is 1. The third-order valence-corrected chi connectivity index (χ3v) is 4.87. The number of hydrogen-bond donors (Lipinski definition) is 1. The van der Waals surface area contributed by atoms with Gasteiger partial charge in [0.1, 0.15) is 12.4 Å². The predicted molar refractivity (Wildman–Crippen MR) is 114 cm³/mol. The lowest BCUT2D eigenvalue weighted by atomic mass is 10.2. The standard InChI is InChI=1S/C23H20BrNO2/c1-17-15-20(10-13-22(17)24)25-23(26)14-9-18-7-11-21(12-8-18)27-16-19-5-3-2-4-6-19/h2-15H,16H2,1H3,(H,25,26)/b14-9+. The number of ether oxygens (including phenoxy) is 1. The molecule has 0 radical (unpaired) electrons. The first-order valence-electron chi connectivity index (χ1n) is 8.62. The SMILES string of the molecule is Cc1cc(NC(=O)/C=C/c2ccc(OCc3ccccc3)cc2)ccc1Br. The first kappa shape index (κ1) is 18.9. The number of halogens is 1. The maximum atomic E-state index is 12.1. The van der Waals surface area contributed by atoms with Crippen molar-refractivity contribution in [2.45, 2.75) is 13.5 Å². The van der Waals surface area contributed by atoms with Crippen molar-refractivity contribution in [2.75, 3.05) is 5.32 Å². The highest BCUT2D eigenvalue weighted by Crippen LogP contribution is 2.20. The fourth-order valence-electron chi connectivity index (χ4n) is 2.49. The molecule has 3 nitrogen and oxygen atoms in total. The summed E-state index contributed by atoms with van der Waals surface area (Å²) in [5, 5.41) is 2.86. The number of carbonyl (C=O) groups excluding carboxylic acids is 1. The van der Waals surface area contributed by atoms with Gasteiger partial charge in [0, 0.05) is 16.2 Å². The summed E-state index contributed by atoms with van der Waals surface area (Å²) in [5.74, 6) is 0.631. The quantitative estimate of drug-likeness (QED) is 0.496. The van der Waals surface area contributed by atoms with E-state index in [9.17, 15) is 4.79 Å². The van der Waals surface area contributed by atoms with Crippen molar-refractivity contribution < 1.29 is 9.53 Å². The molecule has 0 aliphatic heterocycles. The fourth-order valence-corrected chi connectivity index (χ4v) is 2.74. The Morgan fingerprint density at radius 1 is 1.04 bits per heavy atom. The molecule has 0 fully saturated rings. The molecule has 27 heavy (non-hydrogen) atoms. The van der Waals surface area contributed by atoms with Crippen LogP contribution in [0.25, 0.3) is 6.08 Å². The second-order valence-electron chi connectivity index (χ2n) is 6.13. The molecule has 3 aromatic rings. The zero-order valence-electron chi connectivity index (χ0n) is 15.0. The summed E-state index contributed by atoms with van der Waals surface area (Å²) in [4.78, 5) is 12.1. The fraction of sp³-hybridized carbons (Fsp3) is 0.0870. The summed E-state index contributed by atoms with van der Waals surface area (Å²) in [6.45, 7) is 2.52. The predicted octanol–water partition coefficient (Wildman–Crippen LogP) is 5.99. The third kappa shape index (κ3) is 5.83. The molecule has 1 N–H and O–H groups in total. The maximum absolute atomic E-state index is 12.1. The number of carbonyl (C=O) groups is 1. The lowest BCUT2D eigenvalue weighted by Gasteiger charge is -2.06. The minimum absolute atomic E-state index is 0.166. The lowest BCUT2D eigenvalue weighted by molar-refractivity contribution is -0.111. The van der Waals surface area contributed by atoms with E-state index in [1.165, 1.54) is 6.08 Å². The number of aryl methyl sites for hydroxylation is 1. The molecule has 0 spiro atoms. The Labute approximate surface area is 167 Å². The van der Waals surface area contributed by atoms with Gasteiger partial charge in [0.2, 0.25) is 5.91 Å². The van der Waals surface area contributed by atoms with E-state index in [1.54, 1.807) is 6.08 Å². The van der Waals surface area contributed by atoms with Crippen LogP contribution in [0.15, 0.2) is 83.3 Å². The van der Waals surface area contributed by atoms with Crippen LogP contribution in [0.5, 0.6) is 5.75 Å². The maximum Gasteiger partial charge on any atom is 0.248 e. The van der Waals surface area contributed by atoms with Gasteiger partial charge in [0.15, 0.2) is 0 Å². The van der Waals surface area contributed by atoms with E-state index in [2.05, 4.69) is 21.2 Å². The number of nitrogens with one attached hydrogen (secondary N) is 1. The van der Waals surface area contributed by atoms with E-state index >= 15 is 0 Å². The highest BCUT2D eigenvalue weighted by atomic mass is 79.9. The van der Waals surface area contributed by atoms with Gasteiger partial charge in [-0.2, -0.15) is 0 Å². The molecule has 3 aromatic carbocycles. The van der Waals surface area contributed by atoms with Crippen molar-refractivity contribution in [2.24, 2.45) is 0 Å². The van der Waals surface area contributed by atoms with E-state index in [0.29, 0.717) is 6.61 Å². The first-order chi connectivity index (χ1) is 13.1. The highest BCUT2D eigenvalue weighted by molar-refractivity contribution is 9.10. The topological polar surface area (TPSA) is 38.3 Å². The number of benzene rings is 3. The second-order valence-corrected chi connectivity index (χ2v) is 6.98. The monoisotopic (exact) mass is 421 g/mol. The molecule has 3 rings (SSSR count). The molecule has 0 atom stereocenters. The Morgan fingerprint density at radius 3 is 2.48 bits per heavy atom. The van der Waals surface area contributed by atoms with E-state index < -0.39 is 0 Å². The van der Waals surface area contributed by atoms with Crippen LogP contribution in [0.3, 0.4) is 0 Å². The van der Waals surface area contributed by atoms with E-state index in [0.717, 1.165) is 32.6 Å². The van der Waals surface area contributed by atoms with E-state index in [1.807, 2.05) is 79.7 Å². The molecule has 0 aliphatic carbocycles. The van der Waals surface area contributed by atoms with Gasteiger partial charge in [-0.25, -0.2) is 0 Å². The van der Waals surface area contributed by atoms with Crippen LogP contribution >= 0.6 is 15.9 Å². The first-order valence-corrected chi connectivity index (χ1v) is 9.41.